The maximum atomic E-state index is 13.0. The highest BCUT2D eigenvalue weighted by atomic mass is 32.2. The van der Waals surface area contributed by atoms with Crippen LogP contribution in [-0.4, -0.2) is 22.0 Å². The maximum absolute atomic E-state index is 13.0. The smallest absolute Gasteiger partial charge is 0.171 e. The molecule has 2 aromatic rings. The predicted octanol–water partition coefficient (Wildman–Crippen LogP) is 2.56. The van der Waals surface area contributed by atoms with Crippen molar-refractivity contribution in [1.82, 2.24) is 14.3 Å². The third kappa shape index (κ3) is 1.90. The molecule has 2 aromatic heterocycles. The Bertz CT molecular complexity index is 640. The summed E-state index contributed by atoms with van der Waals surface area (Å²) < 4.78 is 14.4. The Labute approximate surface area is 115 Å². The number of hydrogen-bond acceptors (Lipinski definition) is 4. The molecule has 1 aliphatic heterocycles. The molecule has 0 unspecified atom stereocenters. The lowest BCUT2D eigenvalue weighted by molar-refractivity contribution is 0.384. The summed E-state index contributed by atoms with van der Waals surface area (Å²) >= 11 is 0.121. The first kappa shape index (κ1) is 12.5. The highest BCUT2D eigenvalue weighted by molar-refractivity contribution is 7.92. The van der Waals surface area contributed by atoms with E-state index in [4.69, 9.17) is 0 Å². The Morgan fingerprint density at radius 3 is 2.95 bits per heavy atom. The summed E-state index contributed by atoms with van der Waals surface area (Å²) in [5.74, 6) is 0. The van der Waals surface area contributed by atoms with Crippen LogP contribution in [0.15, 0.2) is 24.5 Å². The lowest BCUT2D eigenvalue weighted by Crippen LogP contribution is -2.38. The average Bonchev–Trinajstić information content (AvgIpc) is 2.87. The molecule has 0 atom stereocenters. The van der Waals surface area contributed by atoms with Gasteiger partial charge in [-0.05, 0) is 38.1 Å². The summed E-state index contributed by atoms with van der Waals surface area (Å²) in [5.41, 5.74) is 0.941. The molecule has 3 heterocycles. The van der Waals surface area contributed by atoms with Crippen LogP contribution < -0.4 is 5.32 Å². The number of piperidine rings is 1. The van der Waals surface area contributed by atoms with E-state index in [1.165, 1.54) is 3.97 Å². The first-order valence-electron chi connectivity index (χ1n) is 6.18. The molecule has 0 amide bonds. The van der Waals surface area contributed by atoms with Crippen molar-refractivity contribution in [2.24, 2.45) is 0 Å². The van der Waals surface area contributed by atoms with Crippen molar-refractivity contribution >= 4 is 23.4 Å². The van der Waals surface area contributed by atoms with Gasteiger partial charge in [-0.2, -0.15) is 5.26 Å². The van der Waals surface area contributed by atoms with E-state index >= 15 is 0 Å². The van der Waals surface area contributed by atoms with Gasteiger partial charge in [0.2, 0.25) is 0 Å². The Morgan fingerprint density at radius 2 is 2.26 bits per heavy atom. The van der Waals surface area contributed by atoms with Crippen LogP contribution >= 0.6 is 12.3 Å². The fraction of sp³-hybridized carbons (Fsp3) is 0.385. The van der Waals surface area contributed by atoms with Crippen LogP contribution in [0.2, 0.25) is 0 Å². The Balaban J connectivity index is 2.21. The van der Waals surface area contributed by atoms with E-state index in [2.05, 4.69) is 16.4 Å². The van der Waals surface area contributed by atoms with Gasteiger partial charge in [0.1, 0.15) is 0 Å². The van der Waals surface area contributed by atoms with Gasteiger partial charge in [0, 0.05) is 23.3 Å². The molecule has 1 aliphatic rings. The maximum Gasteiger partial charge on any atom is 0.171 e. The highest BCUT2D eigenvalue weighted by Gasteiger charge is 2.37. The Morgan fingerprint density at radius 1 is 1.47 bits per heavy atom. The number of hydrogen-bond donors (Lipinski definition) is 1. The molecule has 4 nitrogen and oxygen atoms in total. The molecule has 1 saturated heterocycles. The lowest BCUT2D eigenvalue weighted by atomic mass is 9.74. The fourth-order valence-corrected chi connectivity index (χ4v) is 3.12. The molecule has 19 heavy (non-hydrogen) atoms. The van der Waals surface area contributed by atoms with Crippen molar-refractivity contribution in [2.75, 3.05) is 13.1 Å². The topological polar surface area (TPSA) is 53.6 Å². The van der Waals surface area contributed by atoms with E-state index in [1.807, 2.05) is 12.1 Å². The van der Waals surface area contributed by atoms with Crippen LogP contribution in [0.25, 0.3) is 11.0 Å². The molecular formula is C13H13FN4S. The summed E-state index contributed by atoms with van der Waals surface area (Å²) in [4.78, 5) is 4.21. The second-order valence-electron chi connectivity index (χ2n) is 4.76. The zero-order valence-electron chi connectivity index (χ0n) is 10.3. The van der Waals surface area contributed by atoms with E-state index in [-0.39, 0.29) is 12.3 Å². The van der Waals surface area contributed by atoms with Gasteiger partial charge < -0.3 is 5.32 Å². The van der Waals surface area contributed by atoms with E-state index in [0.717, 1.165) is 36.9 Å². The number of pyridine rings is 1. The summed E-state index contributed by atoms with van der Waals surface area (Å²) in [6.45, 7) is 1.62. The molecule has 1 fully saturated rings. The molecule has 98 valence electrons. The van der Waals surface area contributed by atoms with Gasteiger partial charge in [0.05, 0.1) is 11.5 Å². The third-order valence-corrected chi connectivity index (χ3v) is 4.22. The molecule has 0 spiro atoms. The minimum atomic E-state index is -0.534. The number of aromatic nitrogens is 2. The zero-order valence-corrected chi connectivity index (χ0v) is 11.1. The molecule has 6 heteroatoms. The Hall–Kier alpha value is -1.58. The standard InChI is InChI=1S/C13H13FN4S/c14-19-18-8-11(10-2-1-5-17-12(10)18)13(9-15)3-6-16-7-4-13/h1-2,5,8,16H,3-4,6-7H2. The van der Waals surface area contributed by atoms with Gasteiger partial charge in [0.15, 0.2) is 18.0 Å². The van der Waals surface area contributed by atoms with Crippen molar-refractivity contribution in [3.63, 3.8) is 0 Å². The second-order valence-corrected chi connectivity index (χ2v) is 5.29. The average molecular weight is 276 g/mol. The van der Waals surface area contributed by atoms with Crippen molar-refractivity contribution in [3.05, 3.63) is 30.1 Å². The minimum Gasteiger partial charge on any atom is -0.317 e. The number of fused-ring (bicyclic) bond motifs is 1. The number of nitrogens with zero attached hydrogens (tertiary/aromatic N) is 3. The van der Waals surface area contributed by atoms with Crippen LogP contribution in [0.3, 0.4) is 0 Å². The molecule has 0 aliphatic carbocycles. The summed E-state index contributed by atoms with van der Waals surface area (Å²) in [6, 6.07) is 6.18. The van der Waals surface area contributed by atoms with E-state index < -0.39 is 5.41 Å². The number of rotatable bonds is 2. The van der Waals surface area contributed by atoms with Crippen molar-refractivity contribution in [1.29, 1.82) is 5.26 Å². The zero-order chi connectivity index (χ0) is 13.3. The monoisotopic (exact) mass is 276 g/mol. The van der Waals surface area contributed by atoms with Crippen LogP contribution in [0, 0.1) is 11.3 Å². The van der Waals surface area contributed by atoms with Gasteiger partial charge in [-0.25, -0.2) is 8.96 Å². The fourth-order valence-electron chi connectivity index (χ4n) is 2.76. The van der Waals surface area contributed by atoms with Crippen molar-refractivity contribution in [2.45, 2.75) is 18.3 Å². The summed E-state index contributed by atoms with van der Waals surface area (Å²) in [5, 5.41) is 13.8. The van der Waals surface area contributed by atoms with Crippen molar-refractivity contribution < 1.29 is 3.89 Å². The highest BCUT2D eigenvalue weighted by Crippen LogP contribution is 2.38. The Kier molecular flexibility index (Phi) is 3.17. The lowest BCUT2D eigenvalue weighted by Gasteiger charge is -2.30. The summed E-state index contributed by atoms with van der Waals surface area (Å²) in [6.07, 6.45) is 4.85. The normalized spacial score (nSPS) is 18.3. The third-order valence-electron chi connectivity index (χ3n) is 3.79. The van der Waals surface area contributed by atoms with Gasteiger partial charge in [0.25, 0.3) is 0 Å². The second kappa shape index (κ2) is 4.83. The molecule has 0 bridgehead atoms. The molecule has 1 N–H and O–H groups in total. The van der Waals surface area contributed by atoms with Crippen LogP contribution in [0.4, 0.5) is 3.89 Å². The van der Waals surface area contributed by atoms with Gasteiger partial charge in [-0.15, -0.1) is 3.89 Å². The minimum absolute atomic E-state index is 0.121. The predicted molar refractivity (Wildman–Crippen MR) is 73.2 cm³/mol. The van der Waals surface area contributed by atoms with Crippen LogP contribution in [-0.2, 0) is 5.41 Å². The largest absolute Gasteiger partial charge is 0.317 e. The van der Waals surface area contributed by atoms with Crippen molar-refractivity contribution in [3.8, 4) is 6.07 Å². The molecule has 0 saturated carbocycles. The van der Waals surface area contributed by atoms with Crippen LogP contribution in [0.5, 0.6) is 0 Å². The first-order valence-corrected chi connectivity index (χ1v) is 6.86. The van der Waals surface area contributed by atoms with Crippen LogP contribution in [0.1, 0.15) is 18.4 Å². The van der Waals surface area contributed by atoms with Gasteiger partial charge in [-0.3, -0.25) is 0 Å². The number of halogens is 1. The summed E-state index contributed by atoms with van der Waals surface area (Å²) in [7, 11) is 0. The molecule has 3 rings (SSSR count). The first-order chi connectivity index (χ1) is 9.30. The van der Waals surface area contributed by atoms with E-state index in [0.29, 0.717) is 5.65 Å². The van der Waals surface area contributed by atoms with E-state index in [9.17, 15) is 9.15 Å². The molecular weight excluding hydrogens is 263 g/mol. The number of nitrogens with one attached hydrogen (secondary N) is 1. The van der Waals surface area contributed by atoms with Gasteiger partial charge >= 0.3 is 0 Å². The van der Waals surface area contributed by atoms with E-state index in [1.54, 1.807) is 12.4 Å². The number of nitriles is 1. The quantitative estimate of drug-likeness (QED) is 0.916. The SMILES string of the molecule is N#CC1(c2cn(SF)c3ncccc23)CCNCC1. The molecule has 0 radical (unpaired) electrons. The van der Waals surface area contributed by atoms with Gasteiger partial charge in [-0.1, -0.05) is 0 Å². The molecule has 0 aromatic carbocycles.